The quantitative estimate of drug-likeness (QED) is 0.642. The number of hydrogen-bond donors (Lipinski definition) is 0. The Bertz CT molecular complexity index is 907. The summed E-state index contributed by atoms with van der Waals surface area (Å²) in [5.74, 6) is 0.848. The number of nitrogens with zero attached hydrogens (tertiary/aromatic N) is 2. The number of hydrogen-bond acceptors (Lipinski definition) is 5. The fourth-order valence-electron chi connectivity index (χ4n) is 3.55. The monoisotopic (exact) mass is 382 g/mol. The van der Waals surface area contributed by atoms with E-state index >= 15 is 0 Å². The average molecular weight is 382 g/mol. The van der Waals surface area contributed by atoms with E-state index in [2.05, 4.69) is 11.1 Å². The third kappa shape index (κ3) is 3.96. The van der Waals surface area contributed by atoms with Gasteiger partial charge in [-0.15, -0.1) is 11.3 Å². The molecule has 1 aromatic heterocycles. The summed E-state index contributed by atoms with van der Waals surface area (Å²) in [6.45, 7) is 1.21. The van der Waals surface area contributed by atoms with Crippen LogP contribution >= 0.6 is 11.3 Å². The van der Waals surface area contributed by atoms with Crippen LogP contribution in [0.2, 0.25) is 0 Å². The molecule has 1 fully saturated rings. The second kappa shape index (κ2) is 8.06. The van der Waals surface area contributed by atoms with E-state index in [1.807, 2.05) is 47.4 Å². The van der Waals surface area contributed by atoms with E-state index in [1.165, 1.54) is 0 Å². The molecule has 140 valence electrons. The zero-order valence-corrected chi connectivity index (χ0v) is 16.1. The number of aromatic nitrogens is 1. The van der Waals surface area contributed by atoms with E-state index in [-0.39, 0.29) is 18.6 Å². The van der Waals surface area contributed by atoms with Crippen molar-refractivity contribution in [2.24, 2.45) is 0 Å². The molecule has 1 aliphatic rings. The van der Waals surface area contributed by atoms with Crippen LogP contribution < -0.4 is 4.74 Å². The molecule has 0 saturated carbocycles. The maximum atomic E-state index is 12.7. The predicted octanol–water partition coefficient (Wildman–Crippen LogP) is 4.19. The summed E-state index contributed by atoms with van der Waals surface area (Å²) in [6, 6.07) is 16.1. The zero-order chi connectivity index (χ0) is 18.6. The normalized spacial score (nSPS) is 16.8. The Kier molecular flexibility index (Phi) is 5.36. The lowest BCUT2D eigenvalue weighted by atomic mass is 10.0. The van der Waals surface area contributed by atoms with Gasteiger partial charge in [0.15, 0.2) is 0 Å². The molecule has 0 spiro atoms. The van der Waals surface area contributed by atoms with Crippen molar-refractivity contribution in [1.82, 2.24) is 9.88 Å². The first kappa shape index (κ1) is 17.9. The van der Waals surface area contributed by atoms with Crippen molar-refractivity contribution in [1.29, 1.82) is 0 Å². The first-order chi connectivity index (χ1) is 13.2. The number of carbonyl (C=O) groups is 1. The van der Waals surface area contributed by atoms with Crippen LogP contribution in [0.25, 0.3) is 10.2 Å². The van der Waals surface area contributed by atoms with Crippen LogP contribution in [-0.2, 0) is 16.1 Å². The van der Waals surface area contributed by atoms with E-state index < -0.39 is 0 Å². The van der Waals surface area contributed by atoms with Crippen LogP contribution in [0.1, 0.15) is 29.5 Å². The van der Waals surface area contributed by atoms with Crippen LogP contribution in [-0.4, -0.2) is 36.1 Å². The number of thiazole rings is 1. The molecule has 1 amide bonds. The smallest absolute Gasteiger partial charge is 0.249 e. The Morgan fingerprint density at radius 1 is 1.26 bits per heavy atom. The second-order valence-corrected chi connectivity index (χ2v) is 7.71. The number of methoxy groups -OCH3 is 1. The molecule has 3 aromatic rings. The van der Waals surface area contributed by atoms with Gasteiger partial charge in [-0.1, -0.05) is 24.3 Å². The second-order valence-electron chi connectivity index (χ2n) is 6.59. The number of benzene rings is 2. The van der Waals surface area contributed by atoms with Crippen molar-refractivity contribution >= 4 is 27.5 Å². The Hall–Kier alpha value is -2.44. The highest BCUT2D eigenvalue weighted by Gasteiger charge is 2.30. The van der Waals surface area contributed by atoms with Gasteiger partial charge in [-0.2, -0.15) is 0 Å². The zero-order valence-electron chi connectivity index (χ0n) is 15.3. The molecule has 1 aliphatic heterocycles. The largest absolute Gasteiger partial charge is 0.497 e. The van der Waals surface area contributed by atoms with Gasteiger partial charge in [-0.25, -0.2) is 4.98 Å². The maximum Gasteiger partial charge on any atom is 0.249 e. The molecule has 1 atom stereocenters. The van der Waals surface area contributed by atoms with Crippen LogP contribution in [0.15, 0.2) is 48.5 Å². The molecular weight excluding hydrogens is 360 g/mol. The molecule has 2 heterocycles. The molecule has 27 heavy (non-hydrogen) atoms. The first-order valence-corrected chi connectivity index (χ1v) is 9.92. The van der Waals surface area contributed by atoms with E-state index in [0.717, 1.165) is 45.9 Å². The molecule has 2 aromatic carbocycles. The topological polar surface area (TPSA) is 51.7 Å². The summed E-state index contributed by atoms with van der Waals surface area (Å²) < 4.78 is 12.1. The van der Waals surface area contributed by atoms with Crippen molar-refractivity contribution < 1.29 is 14.3 Å². The lowest BCUT2D eigenvalue weighted by Gasteiger charge is -2.25. The number of fused-ring (bicyclic) bond motifs is 1. The number of carbonyl (C=O) groups excluding carboxylic acids is 1. The Labute approximate surface area is 162 Å². The average Bonchev–Trinajstić information content (AvgIpc) is 3.34. The SMILES string of the molecule is COc1cccc(C2CCCN2C(=O)COCc2nc3ccccc3s2)c1. The first-order valence-electron chi connectivity index (χ1n) is 9.10. The lowest BCUT2D eigenvalue weighted by Crippen LogP contribution is -2.33. The molecule has 0 radical (unpaired) electrons. The van der Waals surface area contributed by atoms with Gasteiger partial charge < -0.3 is 14.4 Å². The van der Waals surface area contributed by atoms with Gasteiger partial charge >= 0.3 is 0 Å². The standard InChI is InChI=1S/C21H22N2O3S/c1-25-16-7-4-6-15(12-16)18-9-5-11-23(18)21(24)14-26-13-20-22-17-8-2-3-10-19(17)27-20/h2-4,6-8,10,12,18H,5,9,11,13-14H2,1H3. The molecule has 0 N–H and O–H groups in total. The molecule has 4 rings (SSSR count). The number of likely N-dealkylation sites (tertiary alicyclic amines) is 1. The minimum absolute atomic E-state index is 0.0291. The van der Waals surface area contributed by atoms with Crippen LogP contribution in [0, 0.1) is 0 Å². The summed E-state index contributed by atoms with van der Waals surface area (Å²) >= 11 is 1.61. The van der Waals surface area contributed by atoms with Crippen molar-refractivity contribution in [3.8, 4) is 5.75 Å². The predicted molar refractivity (Wildman–Crippen MR) is 106 cm³/mol. The minimum atomic E-state index is 0.0291. The Morgan fingerprint density at radius 2 is 2.15 bits per heavy atom. The van der Waals surface area contributed by atoms with Gasteiger partial charge in [0.2, 0.25) is 5.91 Å². The molecule has 1 unspecified atom stereocenters. The van der Waals surface area contributed by atoms with Crippen molar-refractivity contribution in [3.63, 3.8) is 0 Å². The Balaban J connectivity index is 1.36. The van der Waals surface area contributed by atoms with E-state index in [4.69, 9.17) is 9.47 Å². The fourth-order valence-corrected chi connectivity index (χ4v) is 4.46. The van der Waals surface area contributed by atoms with Crippen LogP contribution in [0.5, 0.6) is 5.75 Å². The highest BCUT2D eigenvalue weighted by Crippen LogP contribution is 2.33. The van der Waals surface area contributed by atoms with Gasteiger partial charge in [-0.05, 0) is 42.7 Å². The molecule has 0 bridgehead atoms. The van der Waals surface area contributed by atoms with Crippen molar-refractivity contribution in [3.05, 3.63) is 59.1 Å². The molecular formula is C21H22N2O3S. The van der Waals surface area contributed by atoms with E-state index in [1.54, 1.807) is 18.4 Å². The number of rotatable bonds is 6. The highest BCUT2D eigenvalue weighted by atomic mass is 32.1. The van der Waals surface area contributed by atoms with Crippen molar-refractivity contribution in [2.45, 2.75) is 25.5 Å². The van der Waals surface area contributed by atoms with Crippen LogP contribution in [0.3, 0.4) is 0 Å². The van der Waals surface area contributed by atoms with Gasteiger partial charge in [0.1, 0.15) is 17.4 Å². The lowest BCUT2D eigenvalue weighted by molar-refractivity contribution is -0.137. The minimum Gasteiger partial charge on any atom is -0.497 e. The summed E-state index contributed by atoms with van der Waals surface area (Å²) in [7, 11) is 1.66. The van der Waals surface area contributed by atoms with E-state index in [9.17, 15) is 4.79 Å². The molecule has 5 nitrogen and oxygen atoms in total. The third-order valence-corrected chi connectivity index (χ3v) is 5.85. The maximum absolute atomic E-state index is 12.7. The van der Waals surface area contributed by atoms with E-state index in [0.29, 0.717) is 6.61 Å². The highest BCUT2D eigenvalue weighted by molar-refractivity contribution is 7.18. The fraction of sp³-hybridized carbons (Fsp3) is 0.333. The van der Waals surface area contributed by atoms with Crippen LogP contribution in [0.4, 0.5) is 0 Å². The van der Waals surface area contributed by atoms with Crippen molar-refractivity contribution in [2.75, 3.05) is 20.3 Å². The third-order valence-electron chi connectivity index (χ3n) is 4.84. The summed E-state index contributed by atoms with van der Waals surface area (Å²) in [6.07, 6.45) is 1.97. The summed E-state index contributed by atoms with van der Waals surface area (Å²) in [4.78, 5) is 19.2. The number of amides is 1. The van der Waals surface area contributed by atoms with Gasteiger partial charge in [0.25, 0.3) is 0 Å². The molecule has 6 heteroatoms. The summed E-state index contributed by atoms with van der Waals surface area (Å²) in [5, 5.41) is 0.898. The number of para-hydroxylation sites is 1. The summed E-state index contributed by atoms with van der Waals surface area (Å²) in [5.41, 5.74) is 2.09. The number of ether oxygens (including phenoxy) is 2. The van der Waals surface area contributed by atoms with Gasteiger partial charge in [0.05, 0.1) is 30.0 Å². The molecule has 1 saturated heterocycles. The molecule has 0 aliphatic carbocycles. The van der Waals surface area contributed by atoms with Gasteiger partial charge in [0, 0.05) is 6.54 Å². The van der Waals surface area contributed by atoms with Gasteiger partial charge in [-0.3, -0.25) is 4.79 Å². The Morgan fingerprint density at radius 3 is 3.00 bits per heavy atom.